The lowest BCUT2D eigenvalue weighted by Gasteiger charge is -2.14. The van der Waals surface area contributed by atoms with Crippen LogP contribution in [0.3, 0.4) is 0 Å². The van der Waals surface area contributed by atoms with Gasteiger partial charge in [-0.25, -0.2) is 9.59 Å². The highest BCUT2D eigenvalue weighted by Crippen LogP contribution is 2.16. The summed E-state index contributed by atoms with van der Waals surface area (Å²) in [6.07, 6.45) is 2.06. The van der Waals surface area contributed by atoms with Crippen molar-refractivity contribution in [3.8, 4) is 0 Å². The van der Waals surface area contributed by atoms with Crippen LogP contribution in [0.2, 0.25) is 0 Å². The molecule has 1 aromatic carbocycles. The Morgan fingerprint density at radius 1 is 1.08 bits per heavy atom. The summed E-state index contributed by atoms with van der Waals surface area (Å²) in [5, 5.41) is 0. The fourth-order valence-corrected chi connectivity index (χ4v) is 2.69. The summed E-state index contributed by atoms with van der Waals surface area (Å²) in [6.45, 7) is 6.12. The van der Waals surface area contributed by atoms with E-state index in [0.29, 0.717) is 17.5 Å². The maximum absolute atomic E-state index is 12.2. The van der Waals surface area contributed by atoms with Crippen molar-refractivity contribution in [2.24, 2.45) is 0 Å². The van der Waals surface area contributed by atoms with Crippen LogP contribution in [-0.2, 0) is 14.2 Å². The Morgan fingerprint density at radius 3 is 2.21 bits per heavy atom. The van der Waals surface area contributed by atoms with Crippen molar-refractivity contribution in [2.45, 2.75) is 52.2 Å². The van der Waals surface area contributed by atoms with Gasteiger partial charge in [0.2, 0.25) is 0 Å². The lowest BCUT2D eigenvalue weighted by atomic mass is 10.1. The Labute approximate surface area is 157 Å². The summed E-state index contributed by atoms with van der Waals surface area (Å²) >= 11 is 2.07. The molecule has 0 aromatic heterocycles. The first-order chi connectivity index (χ1) is 11.4. The average molecular weight is 448 g/mol. The Bertz CT molecular complexity index is 554. The molecule has 0 aliphatic rings. The highest BCUT2D eigenvalue weighted by molar-refractivity contribution is 14.1. The standard InChI is InChI=1S/C18H25IO5/c1-5-16(6-2)24-18(21)14-9-13(10-15(19)11-14)17(20)23-8-7-12(3)22-4/h9-12,16H,5-8H2,1-4H3/t12-/m1/s1. The van der Waals surface area contributed by atoms with E-state index in [0.717, 1.165) is 16.4 Å². The van der Waals surface area contributed by atoms with E-state index >= 15 is 0 Å². The molecule has 0 amide bonds. The third-order valence-electron chi connectivity index (χ3n) is 3.71. The molecule has 0 saturated heterocycles. The van der Waals surface area contributed by atoms with Gasteiger partial charge in [0.05, 0.1) is 23.8 Å². The van der Waals surface area contributed by atoms with Gasteiger partial charge in [-0.2, -0.15) is 0 Å². The number of esters is 2. The van der Waals surface area contributed by atoms with Crippen LogP contribution in [-0.4, -0.2) is 37.9 Å². The number of carbonyl (C=O) groups is 2. The zero-order chi connectivity index (χ0) is 18.1. The molecule has 0 radical (unpaired) electrons. The van der Waals surface area contributed by atoms with Crippen LogP contribution < -0.4 is 0 Å². The molecule has 0 bridgehead atoms. The first-order valence-electron chi connectivity index (χ1n) is 8.12. The van der Waals surface area contributed by atoms with Crippen LogP contribution in [0.4, 0.5) is 0 Å². The molecule has 0 spiro atoms. The van der Waals surface area contributed by atoms with E-state index in [1.165, 1.54) is 6.07 Å². The number of ether oxygens (including phenoxy) is 3. The van der Waals surface area contributed by atoms with Crippen molar-refractivity contribution < 1.29 is 23.8 Å². The molecule has 0 N–H and O–H groups in total. The smallest absolute Gasteiger partial charge is 0.338 e. The maximum atomic E-state index is 12.2. The van der Waals surface area contributed by atoms with Crippen molar-refractivity contribution in [3.63, 3.8) is 0 Å². The van der Waals surface area contributed by atoms with Gasteiger partial charge in [-0.1, -0.05) is 13.8 Å². The molecule has 5 nitrogen and oxygen atoms in total. The molecular formula is C18H25IO5. The molecule has 1 rings (SSSR count). The number of rotatable bonds is 9. The molecule has 0 fully saturated rings. The quantitative estimate of drug-likeness (QED) is 0.418. The molecule has 0 aliphatic heterocycles. The van der Waals surface area contributed by atoms with E-state index in [-0.39, 0.29) is 18.8 Å². The Kier molecular flexibility index (Phi) is 9.28. The summed E-state index contributed by atoms with van der Waals surface area (Å²) in [6, 6.07) is 4.92. The minimum Gasteiger partial charge on any atom is -0.462 e. The second-order valence-electron chi connectivity index (χ2n) is 5.54. The molecule has 134 valence electrons. The average Bonchev–Trinajstić information content (AvgIpc) is 2.58. The molecule has 0 unspecified atom stereocenters. The predicted octanol–water partition coefficient (Wildman–Crippen LogP) is 4.22. The normalized spacial score (nSPS) is 12.1. The minimum absolute atomic E-state index is 0.0271. The summed E-state index contributed by atoms with van der Waals surface area (Å²) in [7, 11) is 1.61. The first-order valence-corrected chi connectivity index (χ1v) is 9.20. The lowest BCUT2D eigenvalue weighted by molar-refractivity contribution is 0.0284. The van der Waals surface area contributed by atoms with Gasteiger partial charge in [-0.3, -0.25) is 0 Å². The fourth-order valence-electron chi connectivity index (χ4n) is 2.02. The summed E-state index contributed by atoms with van der Waals surface area (Å²) in [5.74, 6) is -0.863. The van der Waals surface area contributed by atoms with E-state index in [2.05, 4.69) is 22.6 Å². The van der Waals surface area contributed by atoms with Gasteiger partial charge in [0.1, 0.15) is 6.10 Å². The number of hydrogen-bond acceptors (Lipinski definition) is 5. The van der Waals surface area contributed by atoms with E-state index in [1.54, 1.807) is 19.2 Å². The van der Waals surface area contributed by atoms with Gasteiger partial charge < -0.3 is 14.2 Å². The molecule has 24 heavy (non-hydrogen) atoms. The summed E-state index contributed by atoms with van der Waals surface area (Å²) < 4.78 is 16.6. The second-order valence-corrected chi connectivity index (χ2v) is 6.79. The maximum Gasteiger partial charge on any atom is 0.338 e. The molecule has 1 aromatic rings. The van der Waals surface area contributed by atoms with Gasteiger partial charge in [-0.05, 0) is 60.6 Å². The third-order valence-corrected chi connectivity index (χ3v) is 4.34. The molecule has 0 heterocycles. The van der Waals surface area contributed by atoms with Gasteiger partial charge in [0, 0.05) is 17.1 Å². The Morgan fingerprint density at radius 2 is 1.67 bits per heavy atom. The number of benzene rings is 1. The third kappa shape index (κ3) is 6.76. The minimum atomic E-state index is -0.451. The lowest BCUT2D eigenvalue weighted by Crippen LogP contribution is -2.17. The molecule has 6 heteroatoms. The highest BCUT2D eigenvalue weighted by Gasteiger charge is 2.17. The monoisotopic (exact) mass is 448 g/mol. The molecule has 0 aliphatic carbocycles. The highest BCUT2D eigenvalue weighted by atomic mass is 127. The number of methoxy groups -OCH3 is 1. The number of carbonyl (C=O) groups excluding carboxylic acids is 2. The second kappa shape index (κ2) is 10.7. The predicted molar refractivity (Wildman–Crippen MR) is 100 cm³/mol. The summed E-state index contributed by atoms with van der Waals surface area (Å²) in [5.41, 5.74) is 0.717. The van der Waals surface area contributed by atoms with Crippen LogP contribution >= 0.6 is 22.6 Å². The zero-order valence-corrected chi connectivity index (χ0v) is 16.8. The van der Waals surface area contributed by atoms with Crippen LogP contribution in [0.1, 0.15) is 60.7 Å². The van der Waals surface area contributed by atoms with Crippen LogP contribution in [0, 0.1) is 3.57 Å². The van der Waals surface area contributed by atoms with Crippen molar-refractivity contribution in [3.05, 3.63) is 32.9 Å². The fraction of sp³-hybridized carbons (Fsp3) is 0.556. The van der Waals surface area contributed by atoms with E-state index in [4.69, 9.17) is 14.2 Å². The van der Waals surface area contributed by atoms with Crippen molar-refractivity contribution in [1.82, 2.24) is 0 Å². The summed E-state index contributed by atoms with van der Waals surface area (Å²) in [4.78, 5) is 24.4. The van der Waals surface area contributed by atoms with E-state index < -0.39 is 11.9 Å². The van der Waals surface area contributed by atoms with Crippen molar-refractivity contribution in [1.29, 1.82) is 0 Å². The van der Waals surface area contributed by atoms with Crippen molar-refractivity contribution in [2.75, 3.05) is 13.7 Å². The van der Waals surface area contributed by atoms with E-state index in [1.807, 2.05) is 20.8 Å². The molecular weight excluding hydrogens is 423 g/mol. The van der Waals surface area contributed by atoms with Gasteiger partial charge in [0.25, 0.3) is 0 Å². The zero-order valence-electron chi connectivity index (χ0n) is 14.6. The first kappa shape index (κ1) is 20.9. The Hall–Kier alpha value is -1.15. The topological polar surface area (TPSA) is 61.8 Å². The van der Waals surface area contributed by atoms with E-state index in [9.17, 15) is 9.59 Å². The van der Waals surface area contributed by atoms with Crippen LogP contribution in [0.15, 0.2) is 18.2 Å². The number of hydrogen-bond donors (Lipinski definition) is 0. The SMILES string of the molecule is CCC(CC)OC(=O)c1cc(I)cc(C(=O)OCC[C@@H](C)OC)c1. The van der Waals surface area contributed by atoms with Crippen LogP contribution in [0.25, 0.3) is 0 Å². The number of halogens is 1. The van der Waals surface area contributed by atoms with Gasteiger partial charge in [-0.15, -0.1) is 0 Å². The molecule has 0 saturated carbocycles. The molecule has 1 atom stereocenters. The largest absolute Gasteiger partial charge is 0.462 e. The Balaban J connectivity index is 2.78. The van der Waals surface area contributed by atoms with Crippen LogP contribution in [0.5, 0.6) is 0 Å². The van der Waals surface area contributed by atoms with Gasteiger partial charge in [0.15, 0.2) is 0 Å². The van der Waals surface area contributed by atoms with Crippen molar-refractivity contribution >= 4 is 34.5 Å². The van der Waals surface area contributed by atoms with Gasteiger partial charge >= 0.3 is 11.9 Å².